The second kappa shape index (κ2) is 9.10. The molecule has 1 heterocycles. The summed E-state index contributed by atoms with van der Waals surface area (Å²) in [4.78, 5) is 25.5. The molecule has 3 rings (SSSR count). The Morgan fingerprint density at radius 3 is 2.57 bits per heavy atom. The van der Waals surface area contributed by atoms with Crippen molar-refractivity contribution >= 4 is 51.6 Å². The van der Waals surface area contributed by atoms with Gasteiger partial charge in [-0.1, -0.05) is 51.1 Å². The van der Waals surface area contributed by atoms with Crippen LogP contribution in [0, 0.1) is 11.3 Å². The molecule has 7 heteroatoms. The number of nitrogens with two attached hydrogens (primary N) is 1. The van der Waals surface area contributed by atoms with Gasteiger partial charge in [-0.2, -0.15) is 0 Å². The van der Waals surface area contributed by atoms with Crippen LogP contribution >= 0.6 is 23.6 Å². The maximum atomic E-state index is 12.2. The highest BCUT2D eigenvalue weighted by Gasteiger charge is 2.33. The highest BCUT2D eigenvalue weighted by atomic mass is 32.1. The average molecular weight is 442 g/mol. The van der Waals surface area contributed by atoms with Crippen LogP contribution in [-0.2, 0) is 17.6 Å². The molecule has 1 atom stereocenters. The molecule has 0 radical (unpaired) electrons. The van der Waals surface area contributed by atoms with Crippen LogP contribution in [0.5, 0.6) is 0 Å². The molecule has 0 fully saturated rings. The van der Waals surface area contributed by atoms with Crippen molar-refractivity contribution in [2.45, 2.75) is 40.0 Å². The molecule has 2 amide bonds. The van der Waals surface area contributed by atoms with Crippen LogP contribution in [0.25, 0.3) is 6.08 Å². The summed E-state index contributed by atoms with van der Waals surface area (Å²) in [6, 6.07) is 9.52. The fraction of sp³-hybridized carbons (Fsp3) is 0.348. The Hall–Kier alpha value is -2.51. The van der Waals surface area contributed by atoms with E-state index in [1.807, 2.05) is 30.3 Å². The topological polar surface area (TPSA) is 84.2 Å². The predicted molar refractivity (Wildman–Crippen MR) is 128 cm³/mol. The minimum atomic E-state index is -0.470. The number of nitrogens with one attached hydrogen (secondary N) is 2. The largest absolute Gasteiger partial charge is 0.365 e. The molecular formula is C23H27N3O2S2. The quantitative estimate of drug-likeness (QED) is 0.481. The molecule has 0 bridgehead atoms. The number of carbonyl (C=O) groups excluding carboxylic acids is 2. The summed E-state index contributed by atoms with van der Waals surface area (Å²) in [6.07, 6.45) is 5.91. The number of amides is 2. The molecule has 1 aliphatic carbocycles. The SMILES string of the molecule is CC(C)(C)[C@@H]1CCc2c(sc(NC(=S)NC(=O)/C=C/c3ccccc3)c2C(N)=O)C1. The second-order valence-corrected chi connectivity index (χ2v) is 10.1. The summed E-state index contributed by atoms with van der Waals surface area (Å²) >= 11 is 6.80. The van der Waals surface area contributed by atoms with Crippen LogP contribution < -0.4 is 16.4 Å². The van der Waals surface area contributed by atoms with E-state index in [4.69, 9.17) is 18.0 Å². The van der Waals surface area contributed by atoms with E-state index in [0.717, 1.165) is 30.4 Å². The molecule has 158 valence electrons. The van der Waals surface area contributed by atoms with Crippen molar-refractivity contribution < 1.29 is 9.59 Å². The van der Waals surface area contributed by atoms with E-state index in [-0.39, 0.29) is 16.4 Å². The maximum absolute atomic E-state index is 12.2. The fourth-order valence-electron chi connectivity index (χ4n) is 3.70. The second-order valence-electron chi connectivity index (χ2n) is 8.57. The first-order valence-electron chi connectivity index (χ1n) is 9.94. The lowest BCUT2D eigenvalue weighted by Crippen LogP contribution is -2.33. The molecule has 1 aliphatic rings. The third-order valence-corrected chi connectivity index (χ3v) is 6.80. The van der Waals surface area contributed by atoms with Crippen molar-refractivity contribution in [1.82, 2.24) is 5.32 Å². The monoisotopic (exact) mass is 441 g/mol. The standard InChI is InChI=1S/C23H27N3O2S2/c1-23(2,3)15-10-11-16-17(13-15)30-21(19(16)20(24)28)26-22(29)25-18(27)12-9-14-7-5-4-6-8-14/h4-9,12,15H,10-11,13H2,1-3H3,(H2,24,28)(H2,25,26,27,29)/b12-9+/t15-/m1/s1. The first-order valence-corrected chi connectivity index (χ1v) is 11.2. The van der Waals surface area contributed by atoms with Crippen LogP contribution in [0.2, 0.25) is 0 Å². The molecule has 4 N–H and O–H groups in total. The van der Waals surface area contributed by atoms with Crippen molar-refractivity contribution in [3.63, 3.8) is 0 Å². The molecule has 30 heavy (non-hydrogen) atoms. The van der Waals surface area contributed by atoms with E-state index in [9.17, 15) is 9.59 Å². The van der Waals surface area contributed by atoms with Gasteiger partial charge >= 0.3 is 0 Å². The first kappa shape index (κ1) is 22.2. The number of thiophene rings is 1. The molecule has 1 aromatic heterocycles. The smallest absolute Gasteiger partial charge is 0.251 e. The zero-order valence-corrected chi connectivity index (χ0v) is 19.1. The average Bonchev–Trinajstić information content (AvgIpc) is 3.03. The van der Waals surface area contributed by atoms with E-state index in [2.05, 4.69) is 31.4 Å². The number of hydrogen-bond acceptors (Lipinski definition) is 4. The minimum Gasteiger partial charge on any atom is -0.365 e. The Bertz CT molecular complexity index is 988. The van der Waals surface area contributed by atoms with Gasteiger partial charge in [0.15, 0.2) is 5.11 Å². The van der Waals surface area contributed by atoms with Crippen LogP contribution in [0.4, 0.5) is 5.00 Å². The summed E-state index contributed by atoms with van der Waals surface area (Å²) in [5, 5.41) is 6.40. The third-order valence-electron chi connectivity index (χ3n) is 5.43. The summed E-state index contributed by atoms with van der Waals surface area (Å²) < 4.78 is 0. The van der Waals surface area contributed by atoms with Gasteiger partial charge in [0.1, 0.15) is 5.00 Å². The third kappa shape index (κ3) is 5.34. The van der Waals surface area contributed by atoms with Gasteiger partial charge in [-0.3, -0.25) is 14.9 Å². The number of anilines is 1. The van der Waals surface area contributed by atoms with E-state index < -0.39 is 5.91 Å². The van der Waals surface area contributed by atoms with Gasteiger partial charge in [0.05, 0.1) is 5.56 Å². The zero-order chi connectivity index (χ0) is 21.9. The first-order chi connectivity index (χ1) is 14.1. The van der Waals surface area contributed by atoms with E-state index >= 15 is 0 Å². The summed E-state index contributed by atoms with van der Waals surface area (Å²) in [5.74, 6) is -0.264. The number of primary amides is 1. The van der Waals surface area contributed by atoms with Gasteiger partial charge in [-0.15, -0.1) is 11.3 Å². The number of thiocarbonyl (C=S) groups is 1. The molecule has 0 saturated carbocycles. The molecule has 0 unspecified atom stereocenters. The van der Waals surface area contributed by atoms with Crippen LogP contribution in [0.15, 0.2) is 36.4 Å². The maximum Gasteiger partial charge on any atom is 0.251 e. The zero-order valence-electron chi connectivity index (χ0n) is 17.5. The van der Waals surface area contributed by atoms with Gasteiger partial charge in [0.2, 0.25) is 5.91 Å². The summed E-state index contributed by atoms with van der Waals surface area (Å²) in [6.45, 7) is 6.74. The number of benzene rings is 1. The number of fused-ring (bicyclic) bond motifs is 1. The molecule has 0 saturated heterocycles. The lowest BCUT2D eigenvalue weighted by molar-refractivity contribution is -0.115. The molecule has 0 spiro atoms. The van der Waals surface area contributed by atoms with Gasteiger partial charge in [0.25, 0.3) is 5.91 Å². The van der Waals surface area contributed by atoms with Crippen LogP contribution in [0.3, 0.4) is 0 Å². The Kier molecular flexibility index (Phi) is 6.73. The number of hydrogen-bond donors (Lipinski definition) is 3. The minimum absolute atomic E-state index is 0.145. The van der Waals surface area contributed by atoms with Crippen molar-refractivity contribution in [2.24, 2.45) is 17.1 Å². The van der Waals surface area contributed by atoms with Gasteiger partial charge in [0, 0.05) is 11.0 Å². The lowest BCUT2D eigenvalue weighted by Gasteiger charge is -2.33. The normalized spacial score (nSPS) is 16.2. The van der Waals surface area contributed by atoms with Gasteiger partial charge < -0.3 is 11.1 Å². The Morgan fingerprint density at radius 2 is 1.93 bits per heavy atom. The van der Waals surface area contributed by atoms with Crippen molar-refractivity contribution in [1.29, 1.82) is 0 Å². The van der Waals surface area contributed by atoms with Crippen molar-refractivity contribution in [2.75, 3.05) is 5.32 Å². The number of carbonyl (C=O) groups is 2. The predicted octanol–water partition coefficient (Wildman–Crippen LogP) is 4.52. The van der Waals surface area contributed by atoms with E-state index in [1.165, 1.54) is 22.3 Å². The van der Waals surface area contributed by atoms with Gasteiger partial charge in [-0.05, 0) is 60.0 Å². The van der Waals surface area contributed by atoms with Crippen molar-refractivity contribution in [3.8, 4) is 0 Å². The van der Waals surface area contributed by atoms with E-state index in [0.29, 0.717) is 16.5 Å². The summed E-state index contributed by atoms with van der Waals surface area (Å²) in [5.41, 5.74) is 8.32. The number of rotatable bonds is 4. The van der Waals surface area contributed by atoms with E-state index in [1.54, 1.807) is 6.08 Å². The Balaban J connectivity index is 1.71. The molecule has 2 aromatic rings. The highest BCUT2D eigenvalue weighted by molar-refractivity contribution is 7.80. The Morgan fingerprint density at radius 1 is 1.23 bits per heavy atom. The summed E-state index contributed by atoms with van der Waals surface area (Å²) in [7, 11) is 0. The lowest BCUT2D eigenvalue weighted by atomic mass is 9.72. The van der Waals surface area contributed by atoms with Crippen LogP contribution in [0.1, 0.15) is 53.6 Å². The van der Waals surface area contributed by atoms with Crippen LogP contribution in [-0.4, -0.2) is 16.9 Å². The molecule has 5 nitrogen and oxygen atoms in total. The molecule has 0 aliphatic heterocycles. The highest BCUT2D eigenvalue weighted by Crippen LogP contribution is 2.44. The van der Waals surface area contributed by atoms with Gasteiger partial charge in [-0.25, -0.2) is 0 Å². The fourth-order valence-corrected chi connectivity index (χ4v) is 5.30. The molecular weight excluding hydrogens is 414 g/mol. The molecule has 1 aromatic carbocycles. The Labute approximate surface area is 186 Å². The van der Waals surface area contributed by atoms with Crippen molar-refractivity contribution in [3.05, 3.63) is 58.0 Å².